The van der Waals surface area contributed by atoms with E-state index in [1.807, 2.05) is 12.1 Å². The molecule has 0 aromatic heterocycles. The van der Waals surface area contributed by atoms with Crippen molar-refractivity contribution in [1.29, 1.82) is 5.26 Å². The zero-order valence-electron chi connectivity index (χ0n) is 17.0. The molecule has 1 amide bonds. The molecule has 2 fully saturated rings. The van der Waals surface area contributed by atoms with Gasteiger partial charge in [0.25, 0.3) is 5.91 Å². The molecule has 2 aliphatic rings. The van der Waals surface area contributed by atoms with Crippen molar-refractivity contribution in [2.24, 2.45) is 0 Å². The van der Waals surface area contributed by atoms with E-state index < -0.39 is 0 Å². The molecular formula is C22H34N4O+2. The number of carbonyl (C=O) groups excluding carboxylic acids is 1. The summed E-state index contributed by atoms with van der Waals surface area (Å²) < 4.78 is 0. The van der Waals surface area contributed by atoms with Gasteiger partial charge in [-0.25, -0.2) is 0 Å². The number of quaternary nitrogens is 2. The first-order valence-corrected chi connectivity index (χ1v) is 10.5. The first-order chi connectivity index (χ1) is 13.0. The predicted octanol–water partition coefficient (Wildman–Crippen LogP) is 0.0197. The molecule has 146 valence electrons. The smallest absolute Gasteiger partial charge is 0.281 e. The molecule has 0 saturated carbocycles. The Kier molecular flexibility index (Phi) is 6.51. The number of nitriles is 1. The molecule has 2 aliphatic heterocycles. The summed E-state index contributed by atoms with van der Waals surface area (Å²) in [5.74, 6) is 0.347. The van der Waals surface area contributed by atoms with Crippen molar-refractivity contribution in [3.05, 3.63) is 35.4 Å². The summed E-state index contributed by atoms with van der Waals surface area (Å²) in [6, 6.07) is 10.9. The predicted molar refractivity (Wildman–Crippen MR) is 105 cm³/mol. The number of likely N-dealkylation sites (tertiary alicyclic amines) is 1. The third kappa shape index (κ3) is 4.69. The minimum Gasteiger partial charge on any atom is -0.332 e. The van der Waals surface area contributed by atoms with Gasteiger partial charge in [-0.3, -0.25) is 4.79 Å². The lowest BCUT2D eigenvalue weighted by atomic mass is 9.96. The van der Waals surface area contributed by atoms with Crippen LogP contribution in [0.4, 0.5) is 0 Å². The molecule has 3 rings (SSSR count). The molecule has 0 spiro atoms. The fourth-order valence-corrected chi connectivity index (χ4v) is 4.77. The summed E-state index contributed by atoms with van der Waals surface area (Å²) in [6.07, 6.45) is 3.52. The molecule has 0 unspecified atom stereocenters. The van der Waals surface area contributed by atoms with Crippen LogP contribution in [0.25, 0.3) is 0 Å². The van der Waals surface area contributed by atoms with Crippen LogP contribution in [0, 0.1) is 11.3 Å². The van der Waals surface area contributed by atoms with Gasteiger partial charge < -0.3 is 14.7 Å². The summed E-state index contributed by atoms with van der Waals surface area (Å²) in [6.45, 7) is 11.8. The van der Waals surface area contributed by atoms with Gasteiger partial charge in [0, 0.05) is 17.6 Å². The lowest BCUT2D eigenvalue weighted by Gasteiger charge is -2.42. The van der Waals surface area contributed by atoms with Crippen LogP contribution in [0.3, 0.4) is 0 Å². The summed E-state index contributed by atoms with van der Waals surface area (Å²) in [5, 5.41) is 8.91. The third-order valence-corrected chi connectivity index (χ3v) is 6.57. The van der Waals surface area contributed by atoms with Gasteiger partial charge in [-0.2, -0.15) is 5.26 Å². The zero-order chi connectivity index (χ0) is 19.4. The average Bonchev–Trinajstić information content (AvgIpc) is 2.68. The Hall–Kier alpha value is -1.90. The largest absolute Gasteiger partial charge is 0.332 e. The first kappa shape index (κ1) is 19.9. The Bertz CT molecular complexity index is 663. The fourth-order valence-electron chi connectivity index (χ4n) is 4.77. The topological polar surface area (TPSA) is 53.0 Å². The summed E-state index contributed by atoms with van der Waals surface area (Å²) >= 11 is 0. The minimum atomic E-state index is 0.0597. The fraction of sp³-hybridized carbons (Fsp3) is 0.636. The highest BCUT2D eigenvalue weighted by Crippen LogP contribution is 2.22. The zero-order valence-corrected chi connectivity index (χ0v) is 17.0. The van der Waals surface area contributed by atoms with Crippen molar-refractivity contribution < 1.29 is 14.6 Å². The van der Waals surface area contributed by atoms with E-state index in [2.05, 4.69) is 43.9 Å². The highest BCUT2D eigenvalue weighted by atomic mass is 16.2. The summed E-state index contributed by atoms with van der Waals surface area (Å²) in [5.41, 5.74) is 2.00. The van der Waals surface area contributed by atoms with Gasteiger partial charge in [0.15, 0.2) is 6.04 Å². The average molecular weight is 371 g/mol. The van der Waals surface area contributed by atoms with Crippen LogP contribution in [-0.4, -0.2) is 55.1 Å². The van der Waals surface area contributed by atoms with E-state index in [1.54, 1.807) is 4.90 Å². The van der Waals surface area contributed by atoms with Crippen molar-refractivity contribution in [3.63, 3.8) is 0 Å². The second-order valence-electron chi connectivity index (χ2n) is 8.49. The summed E-state index contributed by atoms with van der Waals surface area (Å²) in [7, 11) is 0. The second kappa shape index (κ2) is 8.86. The van der Waals surface area contributed by atoms with Crippen LogP contribution < -0.4 is 9.80 Å². The van der Waals surface area contributed by atoms with E-state index in [-0.39, 0.29) is 6.04 Å². The molecule has 2 saturated heterocycles. The van der Waals surface area contributed by atoms with Gasteiger partial charge >= 0.3 is 0 Å². The van der Waals surface area contributed by atoms with Crippen molar-refractivity contribution in [2.45, 2.75) is 64.7 Å². The number of piperidine rings is 1. The molecule has 2 N–H and O–H groups in total. The van der Waals surface area contributed by atoms with Gasteiger partial charge in [0.1, 0.15) is 32.7 Å². The molecule has 0 aliphatic carbocycles. The van der Waals surface area contributed by atoms with Crippen LogP contribution >= 0.6 is 0 Å². The number of hydrogen-bond donors (Lipinski definition) is 2. The van der Waals surface area contributed by atoms with E-state index in [0.717, 1.165) is 51.1 Å². The Morgan fingerprint density at radius 2 is 1.74 bits per heavy atom. The van der Waals surface area contributed by atoms with E-state index in [1.165, 1.54) is 16.9 Å². The van der Waals surface area contributed by atoms with E-state index in [0.29, 0.717) is 18.0 Å². The van der Waals surface area contributed by atoms with Crippen LogP contribution in [0.1, 0.15) is 51.2 Å². The molecule has 5 heteroatoms. The number of amides is 1. The summed E-state index contributed by atoms with van der Waals surface area (Å²) in [4.78, 5) is 18.3. The van der Waals surface area contributed by atoms with E-state index in [4.69, 9.17) is 5.26 Å². The minimum absolute atomic E-state index is 0.0597. The molecule has 0 radical (unpaired) electrons. The molecule has 1 aromatic rings. The van der Waals surface area contributed by atoms with Gasteiger partial charge in [0.2, 0.25) is 0 Å². The number of nitrogens with one attached hydrogen (secondary N) is 2. The van der Waals surface area contributed by atoms with Gasteiger partial charge in [-0.05, 0) is 52.2 Å². The standard InChI is InChI=1S/C22H32N4O/c1-17-5-4-6-18(2)26(17)22(27)19(3)25-13-11-24(12-14-25)16-21-9-7-20(15-23)8-10-21/h7-10,17-19H,4-6,11-14,16H2,1-3H3/p+2/t17-,18+,19-/m1/s1. The van der Waals surface area contributed by atoms with Gasteiger partial charge in [-0.15, -0.1) is 0 Å². The van der Waals surface area contributed by atoms with E-state index in [9.17, 15) is 4.79 Å². The molecule has 27 heavy (non-hydrogen) atoms. The number of carbonyl (C=O) groups is 1. The Balaban J connectivity index is 1.52. The SMILES string of the molecule is C[C@@H]1CCC[C@H](C)N1C(=O)[C@@H](C)[NH+]1CC[NH+](Cc2ccc(C#N)cc2)CC1. The van der Waals surface area contributed by atoms with E-state index >= 15 is 0 Å². The molecule has 3 atom stereocenters. The lowest BCUT2D eigenvalue weighted by molar-refractivity contribution is -1.02. The number of piperazine rings is 1. The maximum atomic E-state index is 13.1. The monoisotopic (exact) mass is 370 g/mol. The number of rotatable bonds is 4. The Labute approximate surface area is 163 Å². The quantitative estimate of drug-likeness (QED) is 0.785. The van der Waals surface area contributed by atoms with Crippen LogP contribution in [-0.2, 0) is 11.3 Å². The second-order valence-corrected chi connectivity index (χ2v) is 8.49. The van der Waals surface area contributed by atoms with Crippen LogP contribution in [0.2, 0.25) is 0 Å². The highest BCUT2D eigenvalue weighted by Gasteiger charge is 2.37. The van der Waals surface area contributed by atoms with Crippen molar-refractivity contribution in [2.75, 3.05) is 26.2 Å². The maximum absolute atomic E-state index is 13.1. The number of benzene rings is 1. The molecule has 1 aromatic carbocycles. The van der Waals surface area contributed by atoms with Crippen molar-refractivity contribution >= 4 is 5.91 Å². The highest BCUT2D eigenvalue weighted by molar-refractivity contribution is 5.80. The van der Waals surface area contributed by atoms with Crippen molar-refractivity contribution in [1.82, 2.24) is 4.90 Å². The van der Waals surface area contributed by atoms with Gasteiger partial charge in [-0.1, -0.05) is 12.1 Å². The number of nitrogens with zero attached hydrogens (tertiary/aromatic N) is 2. The molecule has 0 bridgehead atoms. The van der Waals surface area contributed by atoms with Crippen molar-refractivity contribution in [3.8, 4) is 6.07 Å². The molecule has 5 nitrogen and oxygen atoms in total. The van der Waals surface area contributed by atoms with Crippen LogP contribution in [0.5, 0.6) is 0 Å². The third-order valence-electron chi connectivity index (χ3n) is 6.57. The lowest BCUT2D eigenvalue weighted by Crippen LogP contribution is -3.29. The Morgan fingerprint density at radius 1 is 1.15 bits per heavy atom. The molecular weight excluding hydrogens is 336 g/mol. The first-order valence-electron chi connectivity index (χ1n) is 10.5. The Morgan fingerprint density at radius 3 is 2.30 bits per heavy atom. The maximum Gasteiger partial charge on any atom is 0.281 e. The number of hydrogen-bond acceptors (Lipinski definition) is 2. The molecule has 2 heterocycles. The van der Waals surface area contributed by atoms with Crippen LogP contribution in [0.15, 0.2) is 24.3 Å². The van der Waals surface area contributed by atoms with Gasteiger partial charge in [0.05, 0.1) is 11.6 Å². The normalized spacial score (nSPS) is 29.8.